The van der Waals surface area contributed by atoms with Crippen LogP contribution in [0.1, 0.15) is 38.8 Å². The number of hydrogen-bond donors (Lipinski definition) is 1. The SMILES string of the molecule is CC(=O)c1ccc(NC(=O)c2cn(Cc3ccccc3)nc2-c2ccc(C)cc2)cc1. The Labute approximate surface area is 181 Å². The zero-order chi connectivity index (χ0) is 21.8. The van der Waals surface area contributed by atoms with Crippen LogP contribution in [0.5, 0.6) is 0 Å². The van der Waals surface area contributed by atoms with E-state index in [1.165, 1.54) is 6.92 Å². The Hall–Kier alpha value is -3.99. The molecule has 0 aliphatic heterocycles. The molecule has 0 fully saturated rings. The van der Waals surface area contributed by atoms with E-state index in [0.717, 1.165) is 16.7 Å². The third-order valence-corrected chi connectivity index (χ3v) is 5.07. The second-order valence-corrected chi connectivity index (χ2v) is 7.53. The molecule has 4 rings (SSSR count). The fraction of sp³-hybridized carbons (Fsp3) is 0.115. The van der Waals surface area contributed by atoms with E-state index in [-0.39, 0.29) is 11.7 Å². The zero-order valence-corrected chi connectivity index (χ0v) is 17.5. The van der Waals surface area contributed by atoms with Gasteiger partial charge in [-0.1, -0.05) is 60.2 Å². The molecule has 0 saturated heterocycles. The molecule has 0 atom stereocenters. The summed E-state index contributed by atoms with van der Waals surface area (Å²) in [5.74, 6) is -0.257. The first-order valence-corrected chi connectivity index (χ1v) is 10.1. The van der Waals surface area contributed by atoms with Gasteiger partial charge in [0.05, 0.1) is 12.1 Å². The molecule has 0 aliphatic carbocycles. The smallest absolute Gasteiger partial charge is 0.259 e. The Morgan fingerprint density at radius 2 is 1.58 bits per heavy atom. The molecule has 0 spiro atoms. The largest absolute Gasteiger partial charge is 0.322 e. The van der Waals surface area contributed by atoms with Crippen molar-refractivity contribution in [3.8, 4) is 11.3 Å². The monoisotopic (exact) mass is 409 g/mol. The minimum absolute atomic E-state index is 0.0123. The topological polar surface area (TPSA) is 64.0 Å². The number of carbonyl (C=O) groups excluding carboxylic acids is 2. The molecule has 4 aromatic rings. The van der Waals surface area contributed by atoms with Crippen LogP contribution >= 0.6 is 0 Å². The first kappa shape index (κ1) is 20.3. The van der Waals surface area contributed by atoms with Gasteiger partial charge >= 0.3 is 0 Å². The number of carbonyl (C=O) groups is 2. The average Bonchev–Trinajstić information content (AvgIpc) is 3.19. The number of nitrogens with one attached hydrogen (secondary N) is 1. The van der Waals surface area contributed by atoms with Crippen molar-refractivity contribution < 1.29 is 9.59 Å². The van der Waals surface area contributed by atoms with Gasteiger partial charge in [0.2, 0.25) is 0 Å². The first-order valence-electron chi connectivity index (χ1n) is 10.1. The third-order valence-electron chi connectivity index (χ3n) is 5.07. The van der Waals surface area contributed by atoms with Crippen LogP contribution in [-0.2, 0) is 6.54 Å². The van der Waals surface area contributed by atoms with Crippen LogP contribution in [0.2, 0.25) is 0 Å². The summed E-state index contributed by atoms with van der Waals surface area (Å²) < 4.78 is 1.79. The Bertz CT molecular complexity index is 1210. The standard InChI is InChI=1S/C26H23N3O2/c1-18-8-10-22(11-9-18)25-24(17-29(28-25)16-20-6-4-3-5-7-20)26(31)27-23-14-12-21(13-15-23)19(2)30/h3-15,17H,16H2,1-2H3,(H,27,31). The van der Waals surface area contributed by atoms with E-state index >= 15 is 0 Å². The van der Waals surface area contributed by atoms with Crippen LogP contribution in [0.4, 0.5) is 5.69 Å². The van der Waals surface area contributed by atoms with Gasteiger partial charge in [-0.2, -0.15) is 5.10 Å². The first-order chi connectivity index (χ1) is 15.0. The number of aromatic nitrogens is 2. The van der Waals surface area contributed by atoms with Gasteiger partial charge in [-0.05, 0) is 43.7 Å². The van der Waals surface area contributed by atoms with Gasteiger partial charge in [0.1, 0.15) is 5.69 Å². The van der Waals surface area contributed by atoms with Crippen molar-refractivity contribution in [3.63, 3.8) is 0 Å². The molecule has 1 aromatic heterocycles. The highest BCUT2D eigenvalue weighted by Crippen LogP contribution is 2.24. The number of Topliss-reactive ketones (excluding diaryl/α,β-unsaturated/α-hetero) is 1. The summed E-state index contributed by atoms with van der Waals surface area (Å²) in [6.45, 7) is 4.11. The van der Waals surface area contributed by atoms with Gasteiger partial charge in [0.25, 0.3) is 5.91 Å². The molecule has 31 heavy (non-hydrogen) atoms. The molecule has 0 aliphatic rings. The number of ketones is 1. The maximum atomic E-state index is 13.1. The van der Waals surface area contributed by atoms with E-state index in [1.807, 2.05) is 61.5 Å². The maximum Gasteiger partial charge on any atom is 0.259 e. The fourth-order valence-electron chi connectivity index (χ4n) is 3.35. The van der Waals surface area contributed by atoms with Crippen molar-refractivity contribution in [1.29, 1.82) is 0 Å². The van der Waals surface area contributed by atoms with E-state index in [0.29, 0.717) is 29.1 Å². The number of aryl methyl sites for hydroxylation is 1. The summed E-state index contributed by atoms with van der Waals surface area (Å²) in [5, 5.41) is 7.64. The zero-order valence-electron chi connectivity index (χ0n) is 17.5. The Morgan fingerprint density at radius 3 is 2.23 bits per heavy atom. The number of nitrogens with zero attached hydrogens (tertiary/aromatic N) is 2. The lowest BCUT2D eigenvalue weighted by molar-refractivity contribution is 0.101. The molecule has 0 unspecified atom stereocenters. The number of hydrogen-bond acceptors (Lipinski definition) is 3. The van der Waals surface area contributed by atoms with Gasteiger partial charge in [0, 0.05) is 23.0 Å². The minimum Gasteiger partial charge on any atom is -0.322 e. The van der Waals surface area contributed by atoms with Gasteiger partial charge in [-0.15, -0.1) is 0 Å². The summed E-state index contributed by atoms with van der Waals surface area (Å²) in [7, 11) is 0. The van der Waals surface area contributed by atoms with Crippen LogP contribution < -0.4 is 5.32 Å². The van der Waals surface area contributed by atoms with Crippen molar-refractivity contribution >= 4 is 17.4 Å². The molecule has 5 heteroatoms. The van der Waals surface area contributed by atoms with Crippen molar-refractivity contribution in [2.45, 2.75) is 20.4 Å². The molecule has 1 N–H and O–H groups in total. The summed E-state index contributed by atoms with van der Waals surface area (Å²) >= 11 is 0. The number of rotatable bonds is 6. The van der Waals surface area contributed by atoms with Crippen molar-refractivity contribution in [1.82, 2.24) is 9.78 Å². The van der Waals surface area contributed by atoms with Crippen LogP contribution in [-0.4, -0.2) is 21.5 Å². The molecule has 0 radical (unpaired) electrons. The van der Waals surface area contributed by atoms with Crippen LogP contribution in [0, 0.1) is 6.92 Å². The van der Waals surface area contributed by atoms with Crippen molar-refractivity contribution in [3.05, 3.63) is 107 Å². The van der Waals surface area contributed by atoms with Crippen LogP contribution in [0.3, 0.4) is 0 Å². The van der Waals surface area contributed by atoms with Crippen LogP contribution in [0.25, 0.3) is 11.3 Å². The van der Waals surface area contributed by atoms with E-state index in [1.54, 1.807) is 35.1 Å². The third kappa shape index (κ3) is 4.78. The van der Waals surface area contributed by atoms with E-state index in [4.69, 9.17) is 5.10 Å². The molecule has 1 amide bonds. The lowest BCUT2D eigenvalue weighted by Crippen LogP contribution is -2.12. The van der Waals surface area contributed by atoms with Gasteiger partial charge < -0.3 is 5.32 Å². The Kier molecular flexibility index (Phi) is 5.76. The van der Waals surface area contributed by atoms with Crippen LogP contribution in [0.15, 0.2) is 85.1 Å². The Morgan fingerprint density at radius 1 is 0.903 bits per heavy atom. The van der Waals surface area contributed by atoms with E-state index in [2.05, 4.69) is 5.32 Å². The lowest BCUT2D eigenvalue weighted by Gasteiger charge is -2.06. The average molecular weight is 409 g/mol. The second-order valence-electron chi connectivity index (χ2n) is 7.53. The van der Waals surface area contributed by atoms with Gasteiger partial charge in [-0.25, -0.2) is 0 Å². The molecule has 5 nitrogen and oxygen atoms in total. The van der Waals surface area contributed by atoms with Crippen molar-refractivity contribution in [2.24, 2.45) is 0 Å². The number of anilines is 1. The molecular weight excluding hydrogens is 386 g/mol. The predicted octanol–water partition coefficient (Wildman–Crippen LogP) is 5.36. The highest BCUT2D eigenvalue weighted by molar-refractivity contribution is 6.08. The molecular formula is C26H23N3O2. The quantitative estimate of drug-likeness (QED) is 0.436. The normalized spacial score (nSPS) is 10.6. The highest BCUT2D eigenvalue weighted by atomic mass is 16.1. The van der Waals surface area contributed by atoms with E-state index in [9.17, 15) is 9.59 Å². The lowest BCUT2D eigenvalue weighted by atomic mass is 10.1. The molecule has 1 heterocycles. The Balaban J connectivity index is 1.66. The summed E-state index contributed by atoms with van der Waals surface area (Å²) in [6, 6.07) is 24.8. The van der Waals surface area contributed by atoms with E-state index < -0.39 is 0 Å². The highest BCUT2D eigenvalue weighted by Gasteiger charge is 2.18. The summed E-state index contributed by atoms with van der Waals surface area (Å²) in [6.07, 6.45) is 1.78. The minimum atomic E-state index is -0.245. The number of amides is 1. The van der Waals surface area contributed by atoms with Crippen molar-refractivity contribution in [2.75, 3.05) is 5.32 Å². The predicted molar refractivity (Wildman–Crippen MR) is 122 cm³/mol. The second kappa shape index (κ2) is 8.79. The van der Waals surface area contributed by atoms with Gasteiger partial charge in [0.15, 0.2) is 5.78 Å². The molecule has 154 valence electrons. The number of benzene rings is 3. The maximum absolute atomic E-state index is 13.1. The molecule has 3 aromatic carbocycles. The molecule has 0 bridgehead atoms. The van der Waals surface area contributed by atoms with Gasteiger partial charge in [-0.3, -0.25) is 14.3 Å². The fourth-order valence-corrected chi connectivity index (χ4v) is 3.35. The summed E-state index contributed by atoms with van der Waals surface area (Å²) in [4.78, 5) is 24.6. The molecule has 0 saturated carbocycles. The summed E-state index contributed by atoms with van der Waals surface area (Å²) in [5.41, 5.74) is 5.49.